The lowest BCUT2D eigenvalue weighted by Crippen LogP contribution is -2.57. The van der Waals surface area contributed by atoms with E-state index in [2.05, 4.69) is 26.3 Å². The Morgan fingerprint density at radius 2 is 1.30 bits per heavy atom. The second kappa shape index (κ2) is 19.7. The summed E-state index contributed by atoms with van der Waals surface area (Å²) >= 11 is 6.16. The number of benzene rings is 4. The van der Waals surface area contributed by atoms with Crippen LogP contribution in [0.5, 0.6) is 0 Å². The summed E-state index contributed by atoms with van der Waals surface area (Å²) in [5.41, 5.74) is -1.87. The summed E-state index contributed by atoms with van der Waals surface area (Å²) in [5, 5.41) is 13.0. The van der Waals surface area contributed by atoms with Crippen LogP contribution in [0.15, 0.2) is 91.0 Å². The lowest BCUT2D eigenvalue weighted by molar-refractivity contribution is -0.157. The molecule has 0 bridgehead atoms. The molecule has 1 aromatic heterocycles. The molecule has 4 amide bonds. The number of halogens is 4. The molecule has 0 aliphatic carbocycles. The molecule has 0 fully saturated rings. The number of anilines is 1. The van der Waals surface area contributed by atoms with Crippen molar-refractivity contribution < 1.29 is 51.4 Å². The number of amides is 4. The van der Waals surface area contributed by atoms with Gasteiger partial charge in [0, 0.05) is 34.5 Å². The maximum Gasteiger partial charge on any atom is 0.416 e. The van der Waals surface area contributed by atoms with Crippen LogP contribution in [-0.4, -0.2) is 69.9 Å². The van der Waals surface area contributed by atoms with Gasteiger partial charge in [0.25, 0.3) is 5.91 Å². The SMILES string of the molecule is CC(C)(C)OC(=O)CC[C@H](NC(=O)[C@H](CC(=O)OC(C)(C)C)NC(=O)[C@H](Cc1ccc2ccccc2c1)NC(=O)c1cc2cc(Cl)ccc2[nH]1)C(=O)Nc1cccc(C(F)(F)F)c1. The first kappa shape index (κ1) is 47.6. The molecule has 5 N–H and O–H groups in total. The van der Waals surface area contributed by atoms with E-state index in [0.29, 0.717) is 27.6 Å². The Morgan fingerprint density at radius 1 is 0.651 bits per heavy atom. The standard InChI is InChI=1S/C46H49ClF3N5O8/c1-44(2,3)62-38(56)19-18-34(40(58)51-32-13-9-12-30(24-32)46(48,49)50)53-43(61)37(25-39(57)63-45(4,5)6)55-41(59)35(21-26-14-15-27-10-7-8-11-28(27)20-26)54-42(60)36-23-29-22-31(47)16-17-33(29)52-36/h7-17,20,22-24,34-35,37,52H,18-19,21,25H2,1-6H3,(H,51,58)(H,53,61)(H,54,60)(H,55,59)/t34-,35-,37-/m0/s1. The summed E-state index contributed by atoms with van der Waals surface area (Å²) in [6.07, 6.45) is -6.36. The summed E-state index contributed by atoms with van der Waals surface area (Å²) in [6.45, 7) is 9.66. The minimum atomic E-state index is -4.73. The van der Waals surface area contributed by atoms with E-state index in [4.69, 9.17) is 21.1 Å². The van der Waals surface area contributed by atoms with Crippen molar-refractivity contribution in [3.05, 3.63) is 113 Å². The highest BCUT2D eigenvalue weighted by molar-refractivity contribution is 6.31. The van der Waals surface area contributed by atoms with Crippen LogP contribution < -0.4 is 21.3 Å². The van der Waals surface area contributed by atoms with Gasteiger partial charge in [-0.1, -0.05) is 60.1 Å². The number of alkyl halides is 3. The highest BCUT2D eigenvalue weighted by Crippen LogP contribution is 2.31. The number of carbonyl (C=O) groups is 6. The van der Waals surface area contributed by atoms with E-state index in [1.54, 1.807) is 71.9 Å². The first-order chi connectivity index (χ1) is 29.4. The number of aromatic nitrogens is 1. The molecule has 63 heavy (non-hydrogen) atoms. The molecular weight excluding hydrogens is 843 g/mol. The third-order valence-corrected chi connectivity index (χ3v) is 9.51. The number of nitrogens with one attached hydrogen (secondary N) is 5. The molecule has 0 unspecified atom stereocenters. The van der Waals surface area contributed by atoms with Crippen LogP contribution in [-0.2, 0) is 46.0 Å². The van der Waals surface area contributed by atoms with E-state index in [9.17, 15) is 41.9 Å². The van der Waals surface area contributed by atoms with Crippen molar-refractivity contribution in [2.45, 2.75) is 103 Å². The number of aromatic amines is 1. The number of carbonyl (C=O) groups excluding carboxylic acids is 6. The second-order valence-corrected chi connectivity index (χ2v) is 17.4. The van der Waals surface area contributed by atoms with Crippen LogP contribution in [0.2, 0.25) is 5.02 Å². The molecule has 1 heterocycles. The zero-order valence-electron chi connectivity index (χ0n) is 35.5. The molecule has 0 saturated heterocycles. The highest BCUT2D eigenvalue weighted by atomic mass is 35.5. The Morgan fingerprint density at radius 3 is 1.98 bits per heavy atom. The number of hydrogen-bond donors (Lipinski definition) is 5. The van der Waals surface area contributed by atoms with Crippen LogP contribution in [0.4, 0.5) is 18.9 Å². The fraction of sp³-hybridized carbons (Fsp3) is 0.348. The predicted molar refractivity (Wildman–Crippen MR) is 232 cm³/mol. The Hall–Kier alpha value is -6.42. The molecule has 0 spiro atoms. The highest BCUT2D eigenvalue weighted by Gasteiger charge is 2.35. The van der Waals surface area contributed by atoms with Crippen molar-refractivity contribution in [1.82, 2.24) is 20.9 Å². The average molecular weight is 892 g/mol. The van der Waals surface area contributed by atoms with Crippen LogP contribution in [0, 0.1) is 0 Å². The van der Waals surface area contributed by atoms with E-state index in [1.165, 1.54) is 6.07 Å². The van der Waals surface area contributed by atoms with E-state index >= 15 is 0 Å². The summed E-state index contributed by atoms with van der Waals surface area (Å²) in [5.74, 6) is -5.30. The number of hydrogen-bond acceptors (Lipinski definition) is 8. The maximum absolute atomic E-state index is 14.4. The zero-order chi connectivity index (χ0) is 46.3. The molecule has 5 rings (SSSR count). The Labute approximate surface area is 366 Å². The predicted octanol–water partition coefficient (Wildman–Crippen LogP) is 7.80. The molecule has 0 aliphatic rings. The summed E-state index contributed by atoms with van der Waals surface area (Å²) in [7, 11) is 0. The molecular formula is C46H49ClF3N5O8. The number of rotatable bonds is 15. The quantitative estimate of drug-likeness (QED) is 0.0660. The van der Waals surface area contributed by atoms with Crippen molar-refractivity contribution in [3.8, 4) is 0 Å². The lowest BCUT2D eigenvalue weighted by Gasteiger charge is -2.26. The van der Waals surface area contributed by atoms with Crippen molar-refractivity contribution in [1.29, 1.82) is 0 Å². The van der Waals surface area contributed by atoms with Crippen molar-refractivity contribution in [2.75, 3.05) is 5.32 Å². The van der Waals surface area contributed by atoms with Gasteiger partial charge in [-0.15, -0.1) is 0 Å². The first-order valence-electron chi connectivity index (χ1n) is 20.0. The van der Waals surface area contributed by atoms with Crippen LogP contribution in [0.25, 0.3) is 21.7 Å². The van der Waals surface area contributed by atoms with Gasteiger partial charge in [0.15, 0.2) is 0 Å². The van der Waals surface area contributed by atoms with Crippen molar-refractivity contribution >= 4 is 74.5 Å². The fourth-order valence-electron chi connectivity index (χ4n) is 6.50. The van der Waals surface area contributed by atoms with Gasteiger partial charge in [-0.3, -0.25) is 28.8 Å². The van der Waals surface area contributed by atoms with E-state index in [-0.39, 0.29) is 17.8 Å². The number of fused-ring (bicyclic) bond motifs is 2. The minimum Gasteiger partial charge on any atom is -0.460 e. The van der Waals surface area contributed by atoms with Crippen molar-refractivity contribution in [2.24, 2.45) is 0 Å². The Bertz CT molecular complexity index is 2510. The molecule has 13 nitrogen and oxygen atoms in total. The number of H-pyrrole nitrogens is 1. The summed E-state index contributed by atoms with van der Waals surface area (Å²) in [6, 6.07) is 18.7. The second-order valence-electron chi connectivity index (χ2n) is 16.9. The summed E-state index contributed by atoms with van der Waals surface area (Å²) < 4.78 is 51.4. The monoisotopic (exact) mass is 891 g/mol. The van der Waals surface area contributed by atoms with Crippen LogP contribution in [0.1, 0.15) is 82.4 Å². The minimum absolute atomic E-state index is 0.0762. The average Bonchev–Trinajstić information content (AvgIpc) is 3.60. The van der Waals surface area contributed by atoms with Gasteiger partial charge in [0.2, 0.25) is 17.7 Å². The molecule has 4 aromatic carbocycles. The van der Waals surface area contributed by atoms with E-state index < -0.39 is 95.9 Å². The van der Waals surface area contributed by atoms with Gasteiger partial charge >= 0.3 is 18.1 Å². The van der Waals surface area contributed by atoms with Crippen molar-refractivity contribution in [3.63, 3.8) is 0 Å². The van der Waals surface area contributed by atoms with Crippen LogP contribution in [0.3, 0.4) is 0 Å². The molecule has 17 heteroatoms. The van der Waals surface area contributed by atoms with E-state index in [0.717, 1.165) is 22.9 Å². The first-order valence-corrected chi connectivity index (χ1v) is 20.4. The third kappa shape index (κ3) is 14.3. The van der Waals surface area contributed by atoms with Gasteiger partial charge in [-0.25, -0.2) is 0 Å². The molecule has 3 atom stereocenters. The van der Waals surface area contributed by atoms with Crippen LogP contribution >= 0.6 is 11.6 Å². The molecule has 0 radical (unpaired) electrons. The molecule has 0 saturated carbocycles. The smallest absolute Gasteiger partial charge is 0.416 e. The summed E-state index contributed by atoms with van der Waals surface area (Å²) in [4.78, 5) is 85.1. The normalized spacial score (nSPS) is 13.4. The lowest BCUT2D eigenvalue weighted by atomic mass is 10.0. The Kier molecular flexibility index (Phi) is 14.9. The van der Waals surface area contributed by atoms with Gasteiger partial charge in [0.05, 0.1) is 12.0 Å². The van der Waals surface area contributed by atoms with Gasteiger partial charge in [0.1, 0.15) is 35.0 Å². The molecule has 5 aromatic rings. The third-order valence-electron chi connectivity index (χ3n) is 9.27. The number of esters is 2. The number of ether oxygens (including phenoxy) is 2. The Balaban J connectivity index is 1.45. The zero-order valence-corrected chi connectivity index (χ0v) is 36.3. The largest absolute Gasteiger partial charge is 0.460 e. The topological polar surface area (TPSA) is 185 Å². The van der Waals surface area contributed by atoms with Gasteiger partial charge in [-0.2, -0.15) is 13.2 Å². The molecule has 0 aliphatic heterocycles. The maximum atomic E-state index is 14.4. The van der Waals surface area contributed by atoms with E-state index in [1.807, 2.05) is 36.4 Å². The fourth-order valence-corrected chi connectivity index (χ4v) is 6.68. The molecule has 334 valence electrons. The van der Waals surface area contributed by atoms with Gasteiger partial charge in [-0.05, 0) is 107 Å². The van der Waals surface area contributed by atoms with Gasteiger partial charge < -0.3 is 35.7 Å².